The van der Waals surface area contributed by atoms with Crippen LogP contribution in [0.4, 0.5) is 4.39 Å². The molecular weight excluding hydrogens is 217 g/mol. The van der Waals surface area contributed by atoms with Crippen LogP contribution in [0.3, 0.4) is 0 Å². The summed E-state index contributed by atoms with van der Waals surface area (Å²) in [6, 6.07) is 2.93. The Morgan fingerprint density at radius 1 is 1.44 bits per heavy atom. The Morgan fingerprint density at radius 3 is 2.62 bits per heavy atom. The van der Waals surface area contributed by atoms with Gasteiger partial charge in [-0.3, -0.25) is 4.79 Å². The van der Waals surface area contributed by atoms with Crippen molar-refractivity contribution in [2.24, 2.45) is 5.73 Å². The summed E-state index contributed by atoms with van der Waals surface area (Å²) in [5.41, 5.74) is 4.64. The molecule has 0 aliphatic heterocycles. The maximum Gasteiger partial charge on any atom is 0.220 e. The molecule has 0 fully saturated rings. The molecule has 1 amide bonds. The van der Waals surface area contributed by atoms with Gasteiger partial charge in [0.15, 0.2) is 0 Å². The molecule has 16 heavy (non-hydrogen) atoms. The van der Waals surface area contributed by atoms with Gasteiger partial charge in [0.1, 0.15) is 17.7 Å². The van der Waals surface area contributed by atoms with E-state index in [0.29, 0.717) is 0 Å². The minimum Gasteiger partial charge on any atom is -0.508 e. The lowest BCUT2D eigenvalue weighted by Crippen LogP contribution is -2.25. The van der Waals surface area contributed by atoms with E-state index in [0.717, 1.165) is 18.2 Å². The maximum atomic E-state index is 12.8. The lowest BCUT2D eigenvalue weighted by Gasteiger charge is -2.17. The molecule has 0 spiro atoms. The summed E-state index contributed by atoms with van der Waals surface area (Å²) in [4.78, 5) is 10.5. The minimum absolute atomic E-state index is 0.186. The van der Waals surface area contributed by atoms with Crippen LogP contribution in [0.5, 0.6) is 5.75 Å². The lowest BCUT2D eigenvalue weighted by molar-refractivity contribution is -0.121. The summed E-state index contributed by atoms with van der Waals surface area (Å²) in [7, 11) is 0. The molecule has 0 radical (unpaired) electrons. The van der Waals surface area contributed by atoms with E-state index in [1.54, 1.807) is 0 Å². The molecule has 5 N–H and O–H groups in total. The molecule has 2 atom stereocenters. The first-order chi connectivity index (χ1) is 7.41. The fourth-order valence-electron chi connectivity index (χ4n) is 1.29. The highest BCUT2D eigenvalue weighted by atomic mass is 19.1. The summed E-state index contributed by atoms with van der Waals surface area (Å²) in [6.07, 6.45) is -3.52. The summed E-state index contributed by atoms with van der Waals surface area (Å²) >= 11 is 0. The molecule has 88 valence electrons. The number of primary amides is 1. The van der Waals surface area contributed by atoms with Gasteiger partial charge in [-0.2, -0.15) is 0 Å². The number of aliphatic hydroxyl groups excluding tert-OH is 2. The molecule has 0 saturated heterocycles. The smallest absolute Gasteiger partial charge is 0.220 e. The Kier molecular flexibility index (Phi) is 3.81. The van der Waals surface area contributed by atoms with Crippen molar-refractivity contribution in [2.75, 3.05) is 0 Å². The monoisotopic (exact) mass is 229 g/mol. The first kappa shape index (κ1) is 12.4. The normalized spacial score (nSPS) is 14.4. The summed E-state index contributed by atoms with van der Waals surface area (Å²) < 4.78 is 12.8. The van der Waals surface area contributed by atoms with Gasteiger partial charge in [-0.15, -0.1) is 0 Å². The Hall–Kier alpha value is -1.66. The van der Waals surface area contributed by atoms with Crippen molar-refractivity contribution in [3.8, 4) is 5.75 Å². The number of rotatable bonds is 4. The Labute approximate surface area is 90.9 Å². The predicted octanol–water partition coefficient (Wildman–Crippen LogP) is -0.199. The number of benzene rings is 1. The van der Waals surface area contributed by atoms with Crippen LogP contribution >= 0.6 is 0 Å². The Bertz CT molecular complexity index is 396. The largest absolute Gasteiger partial charge is 0.508 e. The van der Waals surface area contributed by atoms with E-state index >= 15 is 0 Å². The van der Waals surface area contributed by atoms with Gasteiger partial charge in [-0.25, -0.2) is 4.39 Å². The van der Waals surface area contributed by atoms with E-state index in [2.05, 4.69) is 0 Å². The topological polar surface area (TPSA) is 104 Å². The number of hydrogen-bond donors (Lipinski definition) is 4. The van der Waals surface area contributed by atoms with Crippen LogP contribution < -0.4 is 5.73 Å². The summed E-state index contributed by atoms with van der Waals surface area (Å²) in [5, 5.41) is 28.3. The lowest BCUT2D eigenvalue weighted by atomic mass is 10.0. The number of nitrogens with two attached hydrogens (primary N) is 1. The van der Waals surface area contributed by atoms with Gasteiger partial charge in [0.2, 0.25) is 5.91 Å². The van der Waals surface area contributed by atoms with Crippen LogP contribution in [0.1, 0.15) is 18.1 Å². The van der Waals surface area contributed by atoms with Crippen LogP contribution in [-0.2, 0) is 4.79 Å². The van der Waals surface area contributed by atoms with Crippen molar-refractivity contribution in [2.45, 2.75) is 18.6 Å². The molecule has 1 rings (SSSR count). The molecule has 0 aromatic heterocycles. The SMILES string of the molecule is NC(=O)CC(O)C(O)c1cc(F)ccc1O. The third-order valence-corrected chi connectivity index (χ3v) is 2.08. The second kappa shape index (κ2) is 4.91. The molecule has 0 heterocycles. The highest BCUT2D eigenvalue weighted by Crippen LogP contribution is 2.27. The predicted molar refractivity (Wildman–Crippen MR) is 52.8 cm³/mol. The molecule has 0 aliphatic rings. The van der Waals surface area contributed by atoms with Crippen molar-refractivity contribution >= 4 is 5.91 Å². The number of halogens is 1. The second-order valence-corrected chi connectivity index (χ2v) is 3.39. The Morgan fingerprint density at radius 2 is 2.06 bits per heavy atom. The molecule has 6 heteroatoms. The van der Waals surface area contributed by atoms with Gasteiger partial charge in [0.25, 0.3) is 0 Å². The number of amides is 1. The Balaban J connectivity index is 2.90. The van der Waals surface area contributed by atoms with Gasteiger partial charge >= 0.3 is 0 Å². The first-order valence-corrected chi connectivity index (χ1v) is 4.54. The number of aromatic hydroxyl groups is 1. The van der Waals surface area contributed by atoms with Crippen LogP contribution in [0.15, 0.2) is 18.2 Å². The number of hydrogen-bond acceptors (Lipinski definition) is 4. The summed E-state index contributed by atoms with van der Waals surface area (Å²) in [6.45, 7) is 0. The average Bonchev–Trinajstić information content (AvgIpc) is 2.19. The van der Waals surface area contributed by atoms with Crippen LogP contribution in [0, 0.1) is 5.82 Å². The maximum absolute atomic E-state index is 12.8. The van der Waals surface area contributed by atoms with Gasteiger partial charge < -0.3 is 21.1 Å². The molecule has 0 saturated carbocycles. The van der Waals surface area contributed by atoms with E-state index in [1.165, 1.54) is 0 Å². The van der Waals surface area contributed by atoms with E-state index in [4.69, 9.17) is 5.73 Å². The van der Waals surface area contributed by atoms with Crippen LogP contribution in [0.2, 0.25) is 0 Å². The molecule has 0 aliphatic carbocycles. The van der Waals surface area contributed by atoms with E-state index in [-0.39, 0.29) is 11.3 Å². The third kappa shape index (κ3) is 2.91. The second-order valence-electron chi connectivity index (χ2n) is 3.39. The standard InChI is InChI=1S/C10H12FNO4/c11-5-1-2-7(13)6(3-5)10(16)8(14)4-9(12)15/h1-3,8,10,13-14,16H,4H2,(H2,12,15). The van der Waals surface area contributed by atoms with Crippen molar-refractivity contribution in [1.29, 1.82) is 0 Å². The van der Waals surface area contributed by atoms with Crippen molar-refractivity contribution in [3.63, 3.8) is 0 Å². The molecule has 5 nitrogen and oxygen atoms in total. The number of carbonyl (C=O) groups excluding carboxylic acids is 1. The fourth-order valence-corrected chi connectivity index (χ4v) is 1.29. The zero-order valence-corrected chi connectivity index (χ0v) is 8.30. The summed E-state index contributed by atoms with van der Waals surface area (Å²) in [5.74, 6) is -1.84. The van der Waals surface area contributed by atoms with Crippen LogP contribution in [0.25, 0.3) is 0 Å². The highest BCUT2D eigenvalue weighted by molar-refractivity contribution is 5.74. The molecule has 0 bridgehead atoms. The molecule has 2 unspecified atom stereocenters. The van der Waals surface area contributed by atoms with Gasteiger partial charge in [0.05, 0.1) is 12.5 Å². The fraction of sp³-hybridized carbons (Fsp3) is 0.300. The first-order valence-electron chi connectivity index (χ1n) is 4.54. The molecule has 1 aromatic carbocycles. The number of carbonyl (C=O) groups is 1. The molecular formula is C10H12FNO4. The van der Waals surface area contributed by atoms with Gasteiger partial charge in [-0.05, 0) is 18.2 Å². The zero-order valence-electron chi connectivity index (χ0n) is 8.30. The zero-order chi connectivity index (χ0) is 12.3. The van der Waals surface area contributed by atoms with Crippen molar-refractivity contribution < 1.29 is 24.5 Å². The van der Waals surface area contributed by atoms with Crippen molar-refractivity contribution in [3.05, 3.63) is 29.6 Å². The average molecular weight is 229 g/mol. The molecule has 1 aromatic rings. The third-order valence-electron chi connectivity index (χ3n) is 2.08. The van der Waals surface area contributed by atoms with Gasteiger partial charge in [-0.1, -0.05) is 0 Å². The van der Waals surface area contributed by atoms with E-state index in [1.807, 2.05) is 0 Å². The highest BCUT2D eigenvalue weighted by Gasteiger charge is 2.23. The quantitative estimate of drug-likeness (QED) is 0.574. The minimum atomic E-state index is -1.57. The van der Waals surface area contributed by atoms with Crippen molar-refractivity contribution in [1.82, 2.24) is 0 Å². The number of aliphatic hydroxyl groups is 2. The van der Waals surface area contributed by atoms with Gasteiger partial charge in [0, 0.05) is 5.56 Å². The van der Waals surface area contributed by atoms with E-state index < -0.39 is 30.4 Å². The van der Waals surface area contributed by atoms with E-state index in [9.17, 15) is 24.5 Å². The number of phenols is 1. The van der Waals surface area contributed by atoms with Crippen LogP contribution in [-0.4, -0.2) is 27.3 Å². The number of phenolic OH excluding ortho intramolecular Hbond substituents is 1.